The van der Waals surface area contributed by atoms with E-state index < -0.39 is 39.1 Å². The number of rotatable bonds is 8. The van der Waals surface area contributed by atoms with Crippen LogP contribution in [-0.4, -0.2) is 0 Å². The second-order valence-corrected chi connectivity index (χ2v) is 13.3. The first kappa shape index (κ1) is 41.2. The third-order valence-electron chi connectivity index (χ3n) is 5.11. The SMILES string of the molecule is FC(F)(F)c1ccc(C[NH2+]Cc2ccc(C[NH2+]Cc3ccc(C(F)(F)F)cc3)cc2)cc1.F[P-](F)(F)(F)(F)F.F[P-](F)(F)(F)(F)F. The minimum absolute atomic E-state index is 0.584. The van der Waals surface area contributed by atoms with Gasteiger partial charge < -0.3 is 10.6 Å². The Morgan fingerprint density at radius 3 is 0.652 bits per heavy atom. The molecular weight excluding hydrogens is 720 g/mol. The molecule has 0 aromatic heterocycles. The Bertz CT molecular complexity index is 1260. The molecule has 266 valence electrons. The van der Waals surface area contributed by atoms with Gasteiger partial charge in [0, 0.05) is 22.3 Å². The van der Waals surface area contributed by atoms with E-state index in [1.807, 2.05) is 34.9 Å². The summed E-state index contributed by atoms with van der Waals surface area (Å²) < 4.78 is 194. The first-order valence-electron chi connectivity index (χ1n) is 12.2. The van der Waals surface area contributed by atoms with Crippen LogP contribution in [0.1, 0.15) is 33.4 Å². The predicted molar refractivity (Wildman–Crippen MR) is 135 cm³/mol. The summed E-state index contributed by atoms with van der Waals surface area (Å²) in [5.74, 6) is 0. The minimum atomic E-state index is -10.7. The van der Waals surface area contributed by atoms with Crippen LogP contribution in [0.25, 0.3) is 0 Å². The molecular formula is C24H24F18N2P2. The van der Waals surface area contributed by atoms with Crippen molar-refractivity contribution < 1.29 is 87.3 Å². The van der Waals surface area contributed by atoms with Gasteiger partial charge in [0.25, 0.3) is 0 Å². The molecule has 3 aromatic carbocycles. The van der Waals surface area contributed by atoms with Gasteiger partial charge in [0.05, 0.1) is 11.1 Å². The van der Waals surface area contributed by atoms with Crippen molar-refractivity contribution in [1.29, 1.82) is 0 Å². The van der Waals surface area contributed by atoms with E-state index >= 15 is 0 Å². The molecule has 3 rings (SSSR count). The summed E-state index contributed by atoms with van der Waals surface area (Å²) in [6.07, 6.45) is -8.64. The number of hydrogen-bond donors (Lipinski definition) is 2. The number of alkyl halides is 6. The van der Waals surface area contributed by atoms with Crippen molar-refractivity contribution in [2.45, 2.75) is 38.5 Å². The van der Waals surface area contributed by atoms with Gasteiger partial charge in [-0.1, -0.05) is 48.5 Å². The van der Waals surface area contributed by atoms with Crippen molar-refractivity contribution in [3.63, 3.8) is 0 Å². The van der Waals surface area contributed by atoms with E-state index in [2.05, 4.69) is 0 Å². The van der Waals surface area contributed by atoms with Gasteiger partial charge in [-0.25, -0.2) is 0 Å². The zero-order valence-corrected chi connectivity index (χ0v) is 24.4. The maximum absolute atomic E-state index is 12.6. The van der Waals surface area contributed by atoms with E-state index in [1.54, 1.807) is 0 Å². The molecule has 0 fully saturated rings. The molecule has 22 heteroatoms. The van der Waals surface area contributed by atoms with Gasteiger partial charge in [0.1, 0.15) is 26.2 Å². The Hall–Kier alpha value is -2.82. The summed E-state index contributed by atoms with van der Waals surface area (Å²) in [6, 6.07) is 18.4. The van der Waals surface area contributed by atoms with Gasteiger partial charge in [-0.2, -0.15) is 26.3 Å². The van der Waals surface area contributed by atoms with Crippen molar-refractivity contribution in [3.8, 4) is 0 Å². The molecule has 0 saturated heterocycles. The van der Waals surface area contributed by atoms with Crippen molar-refractivity contribution in [2.24, 2.45) is 0 Å². The molecule has 46 heavy (non-hydrogen) atoms. The summed E-state index contributed by atoms with van der Waals surface area (Å²) in [6.45, 7) is 2.58. The quantitative estimate of drug-likeness (QED) is 0.170. The predicted octanol–water partition coefficient (Wildman–Crippen LogP) is 11.0. The van der Waals surface area contributed by atoms with E-state index in [9.17, 15) is 76.7 Å². The molecule has 0 aliphatic rings. The van der Waals surface area contributed by atoms with Crippen LogP contribution in [0, 0.1) is 0 Å². The topological polar surface area (TPSA) is 33.2 Å². The van der Waals surface area contributed by atoms with Gasteiger partial charge in [-0.3, -0.25) is 0 Å². The second kappa shape index (κ2) is 12.7. The second-order valence-electron chi connectivity index (χ2n) is 9.52. The van der Waals surface area contributed by atoms with Crippen molar-refractivity contribution in [3.05, 3.63) is 106 Å². The van der Waals surface area contributed by atoms with Crippen LogP contribution in [0.15, 0.2) is 72.8 Å². The average molecular weight is 744 g/mol. The Morgan fingerprint density at radius 2 is 0.500 bits per heavy atom. The zero-order valence-electron chi connectivity index (χ0n) is 22.6. The van der Waals surface area contributed by atoms with Crippen molar-refractivity contribution >= 4 is 15.6 Å². The molecule has 3 aromatic rings. The summed E-state index contributed by atoms with van der Waals surface area (Å²) in [7, 11) is -21.3. The van der Waals surface area contributed by atoms with Gasteiger partial charge >= 0.3 is 78.3 Å². The molecule has 2 nitrogen and oxygen atoms in total. The van der Waals surface area contributed by atoms with Crippen LogP contribution >= 0.6 is 15.6 Å². The molecule has 0 aliphatic carbocycles. The summed E-state index contributed by atoms with van der Waals surface area (Å²) >= 11 is 0. The third-order valence-corrected chi connectivity index (χ3v) is 5.11. The standard InChI is InChI=1S/C24H22F6N2.2F6P/c25-23(26,27)21-9-5-19(6-10-21)15-31-13-17-1-2-18(4-3-17)14-32-16-20-7-11-22(12-8-20)24(28,29)30;2*1-7(2,3,4,5)6/h1-12,31-32H,13-16H2;;/q;2*-1/p+2. The fourth-order valence-electron chi connectivity index (χ4n) is 3.28. The van der Waals surface area contributed by atoms with Crippen molar-refractivity contribution in [1.82, 2.24) is 0 Å². The number of benzene rings is 3. The summed E-state index contributed by atoms with van der Waals surface area (Å²) in [5.41, 5.74) is 2.56. The van der Waals surface area contributed by atoms with E-state index in [-0.39, 0.29) is 0 Å². The zero-order chi connectivity index (χ0) is 36.0. The van der Waals surface area contributed by atoms with Gasteiger partial charge in [-0.15, -0.1) is 0 Å². The molecule has 0 atom stereocenters. The Kier molecular flexibility index (Phi) is 11.3. The third kappa shape index (κ3) is 25.4. The van der Waals surface area contributed by atoms with Crippen LogP contribution < -0.4 is 10.6 Å². The average Bonchev–Trinajstić information content (AvgIpc) is 2.81. The van der Waals surface area contributed by atoms with E-state index in [0.717, 1.165) is 46.5 Å². The fourth-order valence-corrected chi connectivity index (χ4v) is 3.28. The molecule has 0 unspecified atom stereocenters. The molecule has 0 heterocycles. The van der Waals surface area contributed by atoms with E-state index in [4.69, 9.17) is 0 Å². The maximum atomic E-state index is 12.6. The van der Waals surface area contributed by atoms with E-state index in [1.165, 1.54) is 24.3 Å². The molecule has 0 bridgehead atoms. The molecule has 0 spiro atoms. The van der Waals surface area contributed by atoms with E-state index in [0.29, 0.717) is 26.2 Å². The Morgan fingerprint density at radius 1 is 0.348 bits per heavy atom. The fraction of sp³-hybridized carbons (Fsp3) is 0.250. The molecule has 0 aliphatic heterocycles. The molecule has 0 amide bonds. The van der Waals surface area contributed by atoms with Gasteiger partial charge in [-0.05, 0) is 24.3 Å². The van der Waals surface area contributed by atoms with Gasteiger partial charge in [0.15, 0.2) is 0 Å². The number of halogens is 18. The number of nitrogens with two attached hydrogens (primary N) is 2. The van der Waals surface area contributed by atoms with Crippen LogP contribution in [-0.2, 0) is 38.5 Å². The number of quaternary nitrogens is 2. The number of hydrogen-bond acceptors (Lipinski definition) is 0. The van der Waals surface area contributed by atoms with Crippen LogP contribution in [0.2, 0.25) is 0 Å². The van der Waals surface area contributed by atoms with Crippen LogP contribution in [0.4, 0.5) is 76.7 Å². The molecule has 0 radical (unpaired) electrons. The Balaban J connectivity index is 0.000000629. The first-order chi connectivity index (χ1) is 20.0. The summed E-state index contributed by atoms with van der Waals surface area (Å²) in [4.78, 5) is 0. The normalized spacial score (nSPS) is 15.5. The van der Waals surface area contributed by atoms with Crippen LogP contribution in [0.5, 0.6) is 0 Å². The Labute approximate surface area is 248 Å². The van der Waals surface area contributed by atoms with Crippen LogP contribution in [0.3, 0.4) is 0 Å². The van der Waals surface area contributed by atoms with Gasteiger partial charge in [0.2, 0.25) is 0 Å². The molecule has 0 saturated carbocycles. The molecule has 4 N–H and O–H groups in total. The first-order valence-corrected chi connectivity index (χ1v) is 16.2. The van der Waals surface area contributed by atoms with Crippen molar-refractivity contribution in [2.75, 3.05) is 0 Å². The monoisotopic (exact) mass is 744 g/mol. The summed E-state index contributed by atoms with van der Waals surface area (Å²) in [5, 5.41) is 4.04.